The molecule has 2 rings (SSSR count). The number of ether oxygens (including phenoxy) is 1. The lowest BCUT2D eigenvalue weighted by atomic mass is 10.2. The molecule has 0 spiro atoms. The minimum atomic E-state index is -4.39. The zero-order chi connectivity index (χ0) is 14.8. The highest BCUT2D eigenvalue weighted by molar-refractivity contribution is 7.99. The van der Waals surface area contributed by atoms with Crippen LogP contribution in [0.4, 0.5) is 17.6 Å². The Kier molecular flexibility index (Phi) is 4.23. The van der Waals surface area contributed by atoms with Crippen molar-refractivity contribution in [1.29, 1.82) is 0 Å². The number of alkyl halides is 3. The Morgan fingerprint density at radius 1 is 1.00 bits per heavy atom. The first kappa shape index (κ1) is 14.7. The van der Waals surface area contributed by atoms with Crippen LogP contribution >= 0.6 is 11.8 Å². The molecule has 0 fully saturated rings. The highest BCUT2D eigenvalue weighted by Crippen LogP contribution is 2.35. The van der Waals surface area contributed by atoms with Gasteiger partial charge in [-0.2, -0.15) is 13.2 Å². The van der Waals surface area contributed by atoms with Crippen LogP contribution in [0, 0.1) is 5.82 Å². The molecule has 0 aliphatic rings. The van der Waals surface area contributed by atoms with Gasteiger partial charge in [-0.15, -0.1) is 0 Å². The van der Waals surface area contributed by atoms with Gasteiger partial charge in [0.15, 0.2) is 11.6 Å². The molecule has 0 aliphatic carbocycles. The minimum Gasteiger partial charge on any atom is -0.494 e. The summed E-state index contributed by atoms with van der Waals surface area (Å²) in [5.41, 5.74) is -0.725. The van der Waals surface area contributed by atoms with Crippen LogP contribution in [0.3, 0.4) is 0 Å². The Labute approximate surface area is 117 Å². The number of rotatable bonds is 3. The highest BCUT2D eigenvalue weighted by Gasteiger charge is 2.30. The van der Waals surface area contributed by atoms with Crippen LogP contribution in [-0.4, -0.2) is 7.11 Å². The van der Waals surface area contributed by atoms with E-state index in [4.69, 9.17) is 4.74 Å². The molecule has 0 heterocycles. The van der Waals surface area contributed by atoms with Gasteiger partial charge in [0.25, 0.3) is 0 Å². The highest BCUT2D eigenvalue weighted by atomic mass is 32.2. The van der Waals surface area contributed by atoms with Gasteiger partial charge < -0.3 is 4.74 Å². The molecule has 0 radical (unpaired) electrons. The minimum absolute atomic E-state index is 0.0957. The number of benzene rings is 2. The molecule has 0 bridgehead atoms. The Bertz CT molecular complexity index is 610. The fraction of sp³-hybridized carbons (Fsp3) is 0.143. The number of halogens is 4. The molecule has 0 atom stereocenters. The van der Waals surface area contributed by atoms with Crippen LogP contribution < -0.4 is 4.74 Å². The molecule has 1 nitrogen and oxygen atoms in total. The molecule has 6 heteroatoms. The number of hydrogen-bond donors (Lipinski definition) is 0. The third-order valence-electron chi connectivity index (χ3n) is 2.52. The van der Waals surface area contributed by atoms with Crippen molar-refractivity contribution in [3.8, 4) is 5.75 Å². The van der Waals surface area contributed by atoms with Gasteiger partial charge in [-0.05, 0) is 36.4 Å². The second kappa shape index (κ2) is 5.75. The zero-order valence-electron chi connectivity index (χ0n) is 10.4. The Balaban J connectivity index is 2.24. The predicted molar refractivity (Wildman–Crippen MR) is 68.5 cm³/mol. The molecule has 0 N–H and O–H groups in total. The largest absolute Gasteiger partial charge is 0.494 e. The van der Waals surface area contributed by atoms with Gasteiger partial charge >= 0.3 is 6.18 Å². The maximum absolute atomic E-state index is 13.5. The fourth-order valence-electron chi connectivity index (χ4n) is 1.58. The summed E-state index contributed by atoms with van der Waals surface area (Å²) in [5.74, 6) is -0.456. The molecule has 0 amide bonds. The molecule has 0 saturated carbocycles. The van der Waals surface area contributed by atoms with Crippen molar-refractivity contribution in [3.63, 3.8) is 0 Å². The van der Waals surface area contributed by atoms with Crippen LogP contribution in [0.15, 0.2) is 52.3 Å². The summed E-state index contributed by atoms with van der Waals surface area (Å²) < 4.78 is 56.0. The first-order valence-corrected chi connectivity index (χ1v) is 6.40. The Morgan fingerprint density at radius 3 is 2.30 bits per heavy atom. The van der Waals surface area contributed by atoms with E-state index < -0.39 is 17.6 Å². The van der Waals surface area contributed by atoms with Gasteiger partial charge in [-0.25, -0.2) is 4.39 Å². The molecule has 2 aromatic carbocycles. The van der Waals surface area contributed by atoms with Crippen molar-refractivity contribution < 1.29 is 22.3 Å². The molecule has 106 valence electrons. The van der Waals surface area contributed by atoms with Crippen molar-refractivity contribution in [3.05, 3.63) is 53.8 Å². The summed E-state index contributed by atoms with van der Waals surface area (Å²) >= 11 is 1.06. The summed E-state index contributed by atoms with van der Waals surface area (Å²) in [4.78, 5) is 0.895. The molecule has 0 aliphatic heterocycles. The standard InChI is InChI=1S/C14H10F4OS/c1-19-13-6-5-11(8-12(13)15)20-10-4-2-3-9(7-10)14(16,17)18/h2-8H,1H3. The first-order valence-electron chi connectivity index (χ1n) is 5.59. The molecule has 0 aromatic heterocycles. The van der Waals surface area contributed by atoms with E-state index in [-0.39, 0.29) is 5.75 Å². The normalized spacial score (nSPS) is 11.4. The molecular formula is C14H10F4OS. The van der Waals surface area contributed by atoms with Gasteiger partial charge in [-0.1, -0.05) is 17.8 Å². The average Bonchev–Trinajstić information content (AvgIpc) is 2.38. The van der Waals surface area contributed by atoms with Gasteiger partial charge in [0.1, 0.15) is 0 Å². The van der Waals surface area contributed by atoms with Crippen molar-refractivity contribution in [2.75, 3.05) is 7.11 Å². The zero-order valence-corrected chi connectivity index (χ0v) is 11.2. The van der Waals surface area contributed by atoms with E-state index in [9.17, 15) is 17.6 Å². The van der Waals surface area contributed by atoms with E-state index in [1.165, 1.54) is 25.3 Å². The summed E-state index contributed by atoms with van der Waals surface area (Å²) in [6.45, 7) is 0. The molecule has 0 unspecified atom stereocenters. The van der Waals surface area contributed by atoms with Gasteiger partial charge in [-0.3, -0.25) is 0 Å². The third-order valence-corrected chi connectivity index (χ3v) is 3.50. The second-order valence-electron chi connectivity index (χ2n) is 3.92. The van der Waals surface area contributed by atoms with Crippen molar-refractivity contribution in [2.24, 2.45) is 0 Å². The van der Waals surface area contributed by atoms with E-state index in [0.717, 1.165) is 23.9 Å². The monoisotopic (exact) mass is 302 g/mol. The van der Waals surface area contributed by atoms with Crippen molar-refractivity contribution in [2.45, 2.75) is 16.0 Å². The maximum Gasteiger partial charge on any atom is 0.416 e. The number of hydrogen-bond acceptors (Lipinski definition) is 2. The van der Waals surface area contributed by atoms with Crippen LogP contribution in [0.2, 0.25) is 0 Å². The molecule has 2 aromatic rings. The molecule has 20 heavy (non-hydrogen) atoms. The second-order valence-corrected chi connectivity index (χ2v) is 5.07. The van der Waals surface area contributed by atoms with Gasteiger partial charge in [0.2, 0.25) is 0 Å². The summed E-state index contributed by atoms with van der Waals surface area (Å²) in [6, 6.07) is 9.15. The van der Waals surface area contributed by atoms with Crippen LogP contribution in [-0.2, 0) is 6.18 Å². The fourth-order valence-corrected chi connectivity index (χ4v) is 2.49. The summed E-state index contributed by atoms with van der Waals surface area (Å²) in [5, 5.41) is 0. The Morgan fingerprint density at radius 2 is 1.70 bits per heavy atom. The van der Waals surface area contributed by atoms with Gasteiger partial charge in [0, 0.05) is 9.79 Å². The predicted octanol–water partition coefficient (Wildman–Crippen LogP) is 5.00. The van der Waals surface area contributed by atoms with Gasteiger partial charge in [0.05, 0.1) is 12.7 Å². The van der Waals surface area contributed by atoms with Crippen LogP contribution in [0.5, 0.6) is 5.75 Å². The lowest BCUT2D eigenvalue weighted by molar-refractivity contribution is -0.137. The topological polar surface area (TPSA) is 9.23 Å². The quantitative estimate of drug-likeness (QED) is 0.738. The lowest BCUT2D eigenvalue weighted by Crippen LogP contribution is -2.04. The molecule has 0 saturated heterocycles. The lowest BCUT2D eigenvalue weighted by Gasteiger charge is -2.09. The Hall–Kier alpha value is -1.69. The van der Waals surface area contributed by atoms with E-state index in [0.29, 0.717) is 9.79 Å². The summed E-state index contributed by atoms with van der Waals surface area (Å²) in [6.07, 6.45) is -4.39. The van der Waals surface area contributed by atoms with Crippen LogP contribution in [0.1, 0.15) is 5.56 Å². The summed E-state index contributed by atoms with van der Waals surface area (Å²) in [7, 11) is 1.35. The van der Waals surface area contributed by atoms with Crippen molar-refractivity contribution >= 4 is 11.8 Å². The first-order chi connectivity index (χ1) is 9.40. The SMILES string of the molecule is COc1ccc(Sc2cccc(C(F)(F)F)c2)cc1F. The van der Waals surface area contributed by atoms with Crippen LogP contribution in [0.25, 0.3) is 0 Å². The van der Waals surface area contributed by atoms with E-state index in [1.807, 2.05) is 0 Å². The number of methoxy groups -OCH3 is 1. The van der Waals surface area contributed by atoms with E-state index in [2.05, 4.69) is 0 Å². The maximum atomic E-state index is 13.5. The van der Waals surface area contributed by atoms with Crippen molar-refractivity contribution in [1.82, 2.24) is 0 Å². The van der Waals surface area contributed by atoms with E-state index in [1.54, 1.807) is 12.1 Å². The van der Waals surface area contributed by atoms with E-state index >= 15 is 0 Å². The molecular weight excluding hydrogens is 292 g/mol. The smallest absolute Gasteiger partial charge is 0.416 e. The average molecular weight is 302 g/mol. The third kappa shape index (κ3) is 3.45.